The Morgan fingerprint density at radius 3 is 2.50 bits per heavy atom. The summed E-state index contributed by atoms with van der Waals surface area (Å²) in [5.41, 5.74) is 0.411. The van der Waals surface area contributed by atoms with Crippen molar-refractivity contribution in [2.75, 3.05) is 19.5 Å². The summed E-state index contributed by atoms with van der Waals surface area (Å²) in [5, 5.41) is 15.9. The second kappa shape index (κ2) is 7.23. The quantitative estimate of drug-likeness (QED) is 0.645. The molecule has 0 saturated heterocycles. The van der Waals surface area contributed by atoms with E-state index in [1.165, 1.54) is 50.6 Å². The van der Waals surface area contributed by atoms with Crippen LogP contribution in [-0.4, -0.2) is 30.9 Å². The fourth-order valence-electron chi connectivity index (χ4n) is 2.04. The summed E-state index contributed by atoms with van der Waals surface area (Å²) in [7, 11) is 2.93. The van der Waals surface area contributed by atoms with Crippen molar-refractivity contribution in [2.45, 2.75) is 0 Å². The molecule has 0 spiro atoms. The molecule has 2 aromatic carbocycles. The average molecular weight is 329 g/mol. The maximum atomic E-state index is 12.3. The Morgan fingerprint density at radius 1 is 1.12 bits per heavy atom. The van der Waals surface area contributed by atoms with Crippen LogP contribution in [0.2, 0.25) is 0 Å². The zero-order valence-corrected chi connectivity index (χ0v) is 13.0. The number of hydrogen-bond donors (Lipinski definition) is 2. The van der Waals surface area contributed by atoms with E-state index in [9.17, 15) is 19.7 Å². The smallest absolute Gasteiger partial charge is 0.270 e. The minimum absolute atomic E-state index is 0.114. The number of methoxy groups -OCH3 is 1. The molecule has 124 valence electrons. The number of amides is 2. The number of anilines is 1. The van der Waals surface area contributed by atoms with Gasteiger partial charge in [-0.05, 0) is 24.3 Å². The highest BCUT2D eigenvalue weighted by molar-refractivity contribution is 6.09. The molecule has 2 rings (SSSR count). The first-order valence-corrected chi connectivity index (χ1v) is 6.92. The molecule has 0 aliphatic carbocycles. The zero-order valence-electron chi connectivity index (χ0n) is 13.0. The number of carbonyl (C=O) groups excluding carboxylic acids is 2. The van der Waals surface area contributed by atoms with Gasteiger partial charge in [0, 0.05) is 24.7 Å². The molecule has 0 aliphatic rings. The lowest BCUT2D eigenvalue weighted by Gasteiger charge is -2.12. The Morgan fingerprint density at radius 2 is 1.88 bits per heavy atom. The van der Waals surface area contributed by atoms with Gasteiger partial charge in [0.05, 0.1) is 23.3 Å². The fraction of sp³-hybridized carbons (Fsp3) is 0.125. The summed E-state index contributed by atoms with van der Waals surface area (Å²) in [6.45, 7) is 0. The molecule has 0 atom stereocenters. The van der Waals surface area contributed by atoms with Crippen LogP contribution in [0.5, 0.6) is 5.75 Å². The molecular weight excluding hydrogens is 314 g/mol. The molecule has 0 heterocycles. The Balaban J connectivity index is 2.33. The van der Waals surface area contributed by atoms with Gasteiger partial charge in [-0.25, -0.2) is 0 Å². The topological polar surface area (TPSA) is 111 Å². The maximum absolute atomic E-state index is 12.3. The third kappa shape index (κ3) is 3.67. The first-order chi connectivity index (χ1) is 11.5. The number of hydrogen-bond acceptors (Lipinski definition) is 5. The van der Waals surface area contributed by atoms with Gasteiger partial charge in [-0.3, -0.25) is 19.7 Å². The van der Waals surface area contributed by atoms with E-state index in [1.807, 2.05) is 0 Å². The first kappa shape index (κ1) is 16.9. The van der Waals surface area contributed by atoms with Crippen molar-refractivity contribution < 1.29 is 19.2 Å². The minimum atomic E-state index is -0.583. The molecule has 2 N–H and O–H groups in total. The van der Waals surface area contributed by atoms with E-state index >= 15 is 0 Å². The summed E-state index contributed by atoms with van der Waals surface area (Å²) >= 11 is 0. The van der Waals surface area contributed by atoms with Gasteiger partial charge in [-0.2, -0.15) is 0 Å². The van der Waals surface area contributed by atoms with E-state index in [1.54, 1.807) is 6.07 Å². The van der Waals surface area contributed by atoms with Crippen molar-refractivity contribution in [3.8, 4) is 5.75 Å². The van der Waals surface area contributed by atoms with Crippen LogP contribution in [0.15, 0.2) is 42.5 Å². The first-order valence-electron chi connectivity index (χ1n) is 6.92. The van der Waals surface area contributed by atoms with Gasteiger partial charge in [0.25, 0.3) is 17.5 Å². The normalized spacial score (nSPS) is 9.92. The molecule has 0 radical (unpaired) electrons. The van der Waals surface area contributed by atoms with Crippen molar-refractivity contribution in [1.82, 2.24) is 5.32 Å². The molecule has 8 nitrogen and oxygen atoms in total. The zero-order chi connectivity index (χ0) is 17.7. The molecule has 2 aromatic rings. The van der Waals surface area contributed by atoms with Gasteiger partial charge >= 0.3 is 0 Å². The highest BCUT2D eigenvalue weighted by Crippen LogP contribution is 2.23. The SMILES string of the molecule is CNC(=O)c1cc(OC)ccc1NC(=O)c1cccc([N+](=O)[O-])c1. The van der Waals surface area contributed by atoms with Crippen molar-refractivity contribution in [2.24, 2.45) is 0 Å². The molecule has 0 fully saturated rings. The molecule has 0 aromatic heterocycles. The van der Waals surface area contributed by atoms with Crippen LogP contribution in [0, 0.1) is 10.1 Å². The number of nitrogens with zero attached hydrogens (tertiary/aromatic N) is 1. The van der Waals surface area contributed by atoms with E-state index in [2.05, 4.69) is 10.6 Å². The summed E-state index contributed by atoms with van der Waals surface area (Å²) in [6, 6.07) is 9.93. The van der Waals surface area contributed by atoms with Crippen LogP contribution >= 0.6 is 0 Å². The Labute approximate surface area is 137 Å². The third-order valence-electron chi connectivity index (χ3n) is 3.27. The Kier molecular flexibility index (Phi) is 5.10. The highest BCUT2D eigenvalue weighted by Gasteiger charge is 2.16. The van der Waals surface area contributed by atoms with Crippen LogP contribution in [-0.2, 0) is 0 Å². The molecule has 0 bridgehead atoms. The van der Waals surface area contributed by atoms with E-state index < -0.39 is 16.7 Å². The predicted molar refractivity (Wildman–Crippen MR) is 87.4 cm³/mol. The van der Waals surface area contributed by atoms with Crippen LogP contribution in [0.25, 0.3) is 0 Å². The largest absolute Gasteiger partial charge is 0.497 e. The second-order valence-electron chi connectivity index (χ2n) is 4.75. The second-order valence-corrected chi connectivity index (χ2v) is 4.75. The molecule has 2 amide bonds. The number of nitro groups is 1. The highest BCUT2D eigenvalue weighted by atomic mass is 16.6. The van der Waals surface area contributed by atoms with Gasteiger partial charge in [-0.15, -0.1) is 0 Å². The van der Waals surface area contributed by atoms with Gasteiger partial charge in [0.15, 0.2) is 0 Å². The fourth-order valence-corrected chi connectivity index (χ4v) is 2.04. The molecular formula is C16H15N3O5. The standard InChI is InChI=1S/C16H15N3O5/c1-17-16(21)13-9-12(24-2)6-7-14(13)18-15(20)10-4-3-5-11(8-10)19(22)23/h3-9H,1-2H3,(H,17,21)(H,18,20). The number of non-ortho nitro benzene ring substituents is 1. The third-order valence-corrected chi connectivity index (χ3v) is 3.27. The van der Waals surface area contributed by atoms with Crippen LogP contribution in [0.3, 0.4) is 0 Å². The van der Waals surface area contributed by atoms with Crippen LogP contribution < -0.4 is 15.4 Å². The average Bonchev–Trinajstić information content (AvgIpc) is 2.61. The summed E-state index contributed by atoms with van der Waals surface area (Å²) < 4.78 is 5.07. The molecule has 0 unspecified atom stereocenters. The van der Waals surface area contributed by atoms with E-state index in [0.29, 0.717) is 5.75 Å². The van der Waals surface area contributed by atoms with Gasteiger partial charge in [-0.1, -0.05) is 6.07 Å². The van der Waals surface area contributed by atoms with E-state index in [4.69, 9.17) is 4.74 Å². The molecule has 8 heteroatoms. The minimum Gasteiger partial charge on any atom is -0.497 e. The summed E-state index contributed by atoms with van der Waals surface area (Å²) in [5.74, 6) is -0.501. The Hall–Kier alpha value is -3.42. The monoisotopic (exact) mass is 329 g/mol. The van der Waals surface area contributed by atoms with Crippen molar-refractivity contribution in [1.29, 1.82) is 0 Å². The van der Waals surface area contributed by atoms with Gasteiger partial charge in [0.1, 0.15) is 5.75 Å². The number of carbonyl (C=O) groups is 2. The van der Waals surface area contributed by atoms with Crippen LogP contribution in [0.4, 0.5) is 11.4 Å². The van der Waals surface area contributed by atoms with Crippen molar-refractivity contribution in [3.05, 3.63) is 63.7 Å². The van der Waals surface area contributed by atoms with E-state index in [-0.39, 0.29) is 22.5 Å². The number of benzene rings is 2. The molecule has 0 saturated carbocycles. The number of nitro benzene ring substituents is 1. The maximum Gasteiger partial charge on any atom is 0.270 e. The lowest BCUT2D eigenvalue weighted by molar-refractivity contribution is -0.384. The molecule has 0 aliphatic heterocycles. The van der Waals surface area contributed by atoms with Crippen molar-refractivity contribution >= 4 is 23.2 Å². The number of nitrogens with one attached hydrogen (secondary N) is 2. The molecule has 24 heavy (non-hydrogen) atoms. The van der Waals surface area contributed by atoms with E-state index in [0.717, 1.165) is 0 Å². The Bertz CT molecular complexity index is 804. The lowest BCUT2D eigenvalue weighted by Crippen LogP contribution is -2.21. The summed E-state index contributed by atoms with van der Waals surface area (Å²) in [4.78, 5) is 34.5. The van der Waals surface area contributed by atoms with Crippen molar-refractivity contribution in [3.63, 3.8) is 0 Å². The van der Waals surface area contributed by atoms with Gasteiger partial charge < -0.3 is 15.4 Å². The number of ether oxygens (including phenoxy) is 1. The van der Waals surface area contributed by atoms with Gasteiger partial charge in [0.2, 0.25) is 0 Å². The lowest BCUT2D eigenvalue weighted by atomic mass is 10.1. The van der Waals surface area contributed by atoms with Crippen LogP contribution in [0.1, 0.15) is 20.7 Å². The predicted octanol–water partition coefficient (Wildman–Crippen LogP) is 2.22. The summed E-state index contributed by atoms with van der Waals surface area (Å²) in [6.07, 6.45) is 0. The number of rotatable bonds is 5.